The first kappa shape index (κ1) is 24.5. The average Bonchev–Trinajstić information content (AvgIpc) is 3.21. The maximum Gasteiger partial charge on any atom is 0.338 e. The number of hydrogen-bond acceptors (Lipinski definition) is 7. The van der Waals surface area contributed by atoms with Crippen LogP contribution in [0.15, 0.2) is 81.7 Å². The van der Waals surface area contributed by atoms with Crippen molar-refractivity contribution in [2.24, 2.45) is 4.99 Å². The number of ether oxygens (including phenoxy) is 3. The van der Waals surface area contributed by atoms with Crippen molar-refractivity contribution in [1.82, 2.24) is 4.57 Å². The lowest BCUT2D eigenvalue weighted by Gasteiger charge is -2.25. The summed E-state index contributed by atoms with van der Waals surface area (Å²) in [5, 5.41) is 2.14. The maximum absolute atomic E-state index is 13.9. The van der Waals surface area contributed by atoms with Crippen molar-refractivity contribution in [3.05, 3.63) is 103 Å². The van der Waals surface area contributed by atoms with Gasteiger partial charge in [0.25, 0.3) is 5.56 Å². The van der Waals surface area contributed by atoms with Gasteiger partial charge in [-0.05, 0) is 54.0 Å². The van der Waals surface area contributed by atoms with Gasteiger partial charge in [0.2, 0.25) is 0 Å². The Labute approximate surface area is 217 Å². The first-order chi connectivity index (χ1) is 18.0. The van der Waals surface area contributed by atoms with Gasteiger partial charge in [-0.1, -0.05) is 59.9 Å². The van der Waals surface area contributed by atoms with E-state index in [0.29, 0.717) is 37.7 Å². The van der Waals surface area contributed by atoms with E-state index < -0.39 is 12.0 Å². The molecule has 0 amide bonds. The molecule has 0 aliphatic carbocycles. The number of hydrogen-bond donors (Lipinski definition) is 0. The number of rotatable bonds is 6. The van der Waals surface area contributed by atoms with Crippen LogP contribution in [0.1, 0.15) is 31.0 Å². The van der Waals surface area contributed by atoms with Gasteiger partial charge < -0.3 is 14.2 Å². The van der Waals surface area contributed by atoms with Crippen LogP contribution in [0.4, 0.5) is 0 Å². The topological polar surface area (TPSA) is 79.1 Å². The molecule has 8 heteroatoms. The summed E-state index contributed by atoms with van der Waals surface area (Å²) in [5.74, 6) is 0.538. The zero-order chi connectivity index (χ0) is 26.1. The molecule has 2 heterocycles. The number of nitrogens with zero attached hydrogens (tertiary/aromatic N) is 2. The van der Waals surface area contributed by atoms with Crippen LogP contribution >= 0.6 is 11.3 Å². The number of allylic oxidation sites excluding steroid dienone is 1. The summed E-state index contributed by atoms with van der Waals surface area (Å²) in [5.41, 5.74) is 2.22. The first-order valence-corrected chi connectivity index (χ1v) is 12.7. The van der Waals surface area contributed by atoms with Crippen molar-refractivity contribution in [2.45, 2.75) is 19.9 Å². The zero-order valence-corrected chi connectivity index (χ0v) is 21.8. The second-order valence-electron chi connectivity index (χ2n) is 8.49. The van der Waals surface area contributed by atoms with Gasteiger partial charge in [0.15, 0.2) is 16.3 Å². The average molecular weight is 515 g/mol. The number of carbonyl (C=O) groups is 1. The minimum Gasteiger partial charge on any atom is -0.493 e. The third-order valence-electron chi connectivity index (χ3n) is 6.35. The quantitative estimate of drug-likeness (QED) is 0.364. The Hall–Kier alpha value is -4.17. The molecule has 1 aromatic heterocycles. The van der Waals surface area contributed by atoms with E-state index >= 15 is 0 Å². The second-order valence-corrected chi connectivity index (χ2v) is 9.49. The van der Waals surface area contributed by atoms with Crippen LogP contribution in [-0.4, -0.2) is 31.4 Å². The molecule has 7 nitrogen and oxygen atoms in total. The highest BCUT2D eigenvalue weighted by Crippen LogP contribution is 2.36. The van der Waals surface area contributed by atoms with Gasteiger partial charge in [-0.2, -0.15) is 0 Å². The van der Waals surface area contributed by atoms with Gasteiger partial charge in [-0.15, -0.1) is 0 Å². The monoisotopic (exact) mass is 514 g/mol. The van der Waals surface area contributed by atoms with Crippen molar-refractivity contribution in [3.63, 3.8) is 0 Å². The summed E-state index contributed by atoms with van der Waals surface area (Å²) in [7, 11) is 3.10. The molecule has 0 fully saturated rings. The molecular weight excluding hydrogens is 488 g/mol. The molecule has 4 aromatic rings. The molecule has 37 heavy (non-hydrogen) atoms. The summed E-state index contributed by atoms with van der Waals surface area (Å²) in [6.45, 7) is 3.72. The van der Waals surface area contributed by atoms with Crippen LogP contribution in [0, 0.1) is 0 Å². The highest BCUT2D eigenvalue weighted by Gasteiger charge is 2.33. The minimum absolute atomic E-state index is 0.208. The summed E-state index contributed by atoms with van der Waals surface area (Å²) >= 11 is 1.30. The Morgan fingerprint density at radius 3 is 2.57 bits per heavy atom. The van der Waals surface area contributed by atoms with Crippen LogP contribution in [0.3, 0.4) is 0 Å². The Morgan fingerprint density at radius 1 is 1.05 bits per heavy atom. The van der Waals surface area contributed by atoms with Crippen molar-refractivity contribution in [1.29, 1.82) is 0 Å². The third kappa shape index (κ3) is 4.34. The molecule has 0 radical (unpaired) electrons. The van der Waals surface area contributed by atoms with E-state index in [-0.39, 0.29) is 12.2 Å². The van der Waals surface area contributed by atoms with E-state index in [2.05, 4.69) is 4.99 Å². The number of thiazole rings is 1. The van der Waals surface area contributed by atoms with Crippen molar-refractivity contribution >= 4 is 34.2 Å². The fourth-order valence-electron chi connectivity index (χ4n) is 4.65. The molecule has 1 atom stereocenters. The molecule has 0 saturated heterocycles. The summed E-state index contributed by atoms with van der Waals surface area (Å²) in [6, 6.07) is 18.7. The number of methoxy groups -OCH3 is 2. The SMILES string of the molecule is CCOC(=O)C1=C(C)N=c2s/c(=C/c3cccc4ccccc34)c(=O)n2C1c1ccc(OC)c(OC)c1. The van der Waals surface area contributed by atoms with E-state index in [1.54, 1.807) is 44.8 Å². The molecule has 1 unspecified atom stereocenters. The molecule has 0 spiro atoms. The predicted molar refractivity (Wildman–Crippen MR) is 144 cm³/mol. The predicted octanol–water partition coefficient (Wildman–Crippen LogP) is 3.97. The minimum atomic E-state index is -0.732. The van der Waals surface area contributed by atoms with Crippen LogP contribution in [-0.2, 0) is 9.53 Å². The highest BCUT2D eigenvalue weighted by atomic mass is 32.1. The van der Waals surface area contributed by atoms with Gasteiger partial charge >= 0.3 is 5.97 Å². The highest BCUT2D eigenvalue weighted by molar-refractivity contribution is 7.07. The lowest BCUT2D eigenvalue weighted by molar-refractivity contribution is -0.139. The van der Waals surface area contributed by atoms with E-state index in [1.165, 1.54) is 11.3 Å². The van der Waals surface area contributed by atoms with Crippen molar-refractivity contribution in [2.75, 3.05) is 20.8 Å². The first-order valence-electron chi connectivity index (χ1n) is 11.9. The Balaban J connectivity index is 1.76. The molecule has 1 aliphatic rings. The Bertz CT molecular complexity index is 1730. The standard InChI is InChI=1S/C29H26N2O5S/c1-5-36-28(33)25-17(2)30-29-31(26(25)20-13-14-22(34-3)23(15-20)35-4)27(32)24(37-29)16-19-11-8-10-18-9-6-7-12-21(18)19/h6-16,26H,5H2,1-4H3/b24-16+. The van der Waals surface area contributed by atoms with Crippen molar-refractivity contribution < 1.29 is 19.0 Å². The van der Waals surface area contributed by atoms with E-state index in [0.717, 1.165) is 16.3 Å². The van der Waals surface area contributed by atoms with Crippen molar-refractivity contribution in [3.8, 4) is 11.5 Å². The number of benzene rings is 3. The maximum atomic E-state index is 13.9. The number of aromatic nitrogens is 1. The fourth-order valence-corrected chi connectivity index (χ4v) is 5.68. The summed E-state index contributed by atoms with van der Waals surface area (Å²) < 4.78 is 18.4. The molecule has 188 valence electrons. The Morgan fingerprint density at radius 2 is 1.81 bits per heavy atom. The van der Waals surface area contributed by atoms with Gasteiger partial charge in [-0.25, -0.2) is 9.79 Å². The van der Waals surface area contributed by atoms with Gasteiger partial charge in [0, 0.05) is 0 Å². The molecule has 0 saturated carbocycles. The zero-order valence-electron chi connectivity index (χ0n) is 21.0. The molecule has 3 aromatic carbocycles. The molecule has 5 rings (SSSR count). The van der Waals surface area contributed by atoms with Crippen LogP contribution < -0.4 is 24.4 Å². The van der Waals surface area contributed by atoms with Crippen LogP contribution in [0.2, 0.25) is 0 Å². The van der Waals surface area contributed by atoms with Gasteiger partial charge in [0.1, 0.15) is 0 Å². The molecule has 1 aliphatic heterocycles. The van der Waals surface area contributed by atoms with E-state index in [4.69, 9.17) is 14.2 Å². The Kier molecular flexibility index (Phi) is 6.67. The molecule has 0 N–H and O–H groups in total. The van der Waals surface area contributed by atoms with E-state index in [9.17, 15) is 9.59 Å². The van der Waals surface area contributed by atoms with E-state index in [1.807, 2.05) is 54.6 Å². The lowest BCUT2D eigenvalue weighted by atomic mass is 9.95. The summed E-state index contributed by atoms with van der Waals surface area (Å²) in [6.07, 6.45) is 1.89. The largest absolute Gasteiger partial charge is 0.493 e. The second kappa shape index (κ2) is 10.1. The van der Waals surface area contributed by atoms with Crippen LogP contribution in [0.25, 0.3) is 16.8 Å². The van der Waals surface area contributed by atoms with Gasteiger partial charge in [-0.3, -0.25) is 9.36 Å². The fraction of sp³-hybridized carbons (Fsp3) is 0.207. The lowest BCUT2D eigenvalue weighted by Crippen LogP contribution is -2.40. The summed E-state index contributed by atoms with van der Waals surface area (Å²) in [4.78, 5) is 32.2. The number of fused-ring (bicyclic) bond motifs is 2. The van der Waals surface area contributed by atoms with Crippen LogP contribution in [0.5, 0.6) is 11.5 Å². The molecule has 0 bridgehead atoms. The third-order valence-corrected chi connectivity index (χ3v) is 7.33. The normalized spacial score (nSPS) is 15.4. The molecular formula is C29H26N2O5S. The van der Waals surface area contributed by atoms with Gasteiger partial charge in [0.05, 0.1) is 42.7 Å². The number of carbonyl (C=O) groups excluding carboxylic acids is 1. The number of esters is 1. The smallest absolute Gasteiger partial charge is 0.338 e.